The van der Waals surface area contributed by atoms with Crippen LogP contribution < -0.4 is 5.73 Å². The molecule has 3 heterocycles. The molecule has 0 spiro atoms. The Bertz CT molecular complexity index is 929. The van der Waals surface area contributed by atoms with Crippen LogP contribution in [0.2, 0.25) is 0 Å². The molecule has 0 aliphatic rings. The number of benzene rings is 1. The van der Waals surface area contributed by atoms with Crippen LogP contribution in [0.5, 0.6) is 0 Å². The van der Waals surface area contributed by atoms with Crippen LogP contribution in [0.1, 0.15) is 5.56 Å². The third-order valence-corrected chi connectivity index (χ3v) is 4.00. The molecule has 3 aromatic heterocycles. The summed E-state index contributed by atoms with van der Waals surface area (Å²) in [4.78, 5) is 12.9. The Balaban J connectivity index is 1.79. The van der Waals surface area contributed by atoms with Gasteiger partial charge in [-0.1, -0.05) is 17.3 Å². The fourth-order valence-electron chi connectivity index (χ4n) is 2.26. The number of nitrogen functional groups attached to an aromatic ring is 1. The molecule has 0 aliphatic carbocycles. The quantitative estimate of drug-likeness (QED) is 0.581. The van der Waals surface area contributed by atoms with Crippen molar-refractivity contribution in [3.05, 3.63) is 47.7 Å². The van der Waals surface area contributed by atoms with E-state index in [2.05, 4.69) is 25.3 Å². The van der Waals surface area contributed by atoms with E-state index in [1.165, 1.54) is 17.7 Å². The van der Waals surface area contributed by atoms with Crippen LogP contribution in [-0.4, -0.2) is 29.9 Å². The second-order valence-corrected chi connectivity index (χ2v) is 5.62. The number of rotatable bonds is 3. The largest absolute Gasteiger partial charge is 0.399 e. The lowest BCUT2D eigenvalue weighted by molar-refractivity contribution is 0.664. The van der Waals surface area contributed by atoms with E-state index in [0.29, 0.717) is 23.4 Å². The van der Waals surface area contributed by atoms with Gasteiger partial charge in [0.05, 0.1) is 6.54 Å². The summed E-state index contributed by atoms with van der Waals surface area (Å²) in [6.07, 6.45) is 3.25. The van der Waals surface area contributed by atoms with Crippen molar-refractivity contribution in [2.45, 2.75) is 6.54 Å². The monoisotopic (exact) mass is 309 g/mol. The third kappa shape index (κ3) is 2.19. The predicted octanol–water partition coefficient (Wildman–Crippen LogP) is 1.98. The van der Waals surface area contributed by atoms with Gasteiger partial charge in [0.25, 0.3) is 0 Å². The fraction of sp³-hybridized carbons (Fsp3) is 0.0714. The Morgan fingerprint density at radius 2 is 2.14 bits per heavy atom. The van der Waals surface area contributed by atoms with Gasteiger partial charge in [-0.2, -0.15) is 0 Å². The van der Waals surface area contributed by atoms with Crippen molar-refractivity contribution < 1.29 is 0 Å². The van der Waals surface area contributed by atoms with Crippen molar-refractivity contribution in [3.63, 3.8) is 0 Å². The van der Waals surface area contributed by atoms with Gasteiger partial charge in [-0.25, -0.2) is 19.6 Å². The van der Waals surface area contributed by atoms with E-state index in [1.54, 1.807) is 10.9 Å². The van der Waals surface area contributed by atoms with Gasteiger partial charge >= 0.3 is 0 Å². The normalized spacial score (nSPS) is 11.1. The van der Waals surface area contributed by atoms with Gasteiger partial charge in [-0.3, -0.25) is 0 Å². The smallest absolute Gasteiger partial charge is 0.182 e. The lowest BCUT2D eigenvalue weighted by Crippen LogP contribution is -2.03. The number of fused-ring (bicyclic) bond motifs is 1. The SMILES string of the molecule is Nc1cccc(Cn2nnc3c(-c4nccs4)ncnc32)c1. The van der Waals surface area contributed by atoms with E-state index >= 15 is 0 Å². The standard InChI is InChI=1S/C14H11N7S/c15-10-3-1-2-9(6-10)7-21-13-11(19-20-21)12(17-8-18-13)14-16-4-5-22-14/h1-6,8H,7,15H2. The lowest BCUT2D eigenvalue weighted by Gasteiger charge is -2.03. The number of thiazole rings is 1. The molecule has 4 rings (SSSR count). The second kappa shape index (κ2) is 5.15. The molecule has 1 aromatic carbocycles. The van der Waals surface area contributed by atoms with Crippen LogP contribution in [0, 0.1) is 0 Å². The minimum absolute atomic E-state index is 0.551. The maximum Gasteiger partial charge on any atom is 0.182 e. The summed E-state index contributed by atoms with van der Waals surface area (Å²) in [7, 11) is 0. The molecule has 0 saturated heterocycles. The molecule has 108 valence electrons. The van der Waals surface area contributed by atoms with E-state index in [9.17, 15) is 0 Å². The molecule has 2 N–H and O–H groups in total. The molecule has 0 unspecified atom stereocenters. The van der Waals surface area contributed by atoms with Gasteiger partial charge in [0.1, 0.15) is 17.0 Å². The second-order valence-electron chi connectivity index (χ2n) is 4.72. The topological polar surface area (TPSA) is 95.4 Å². The van der Waals surface area contributed by atoms with Gasteiger partial charge in [0, 0.05) is 17.3 Å². The number of hydrogen-bond donors (Lipinski definition) is 1. The Morgan fingerprint density at radius 1 is 1.18 bits per heavy atom. The highest BCUT2D eigenvalue weighted by Crippen LogP contribution is 2.25. The van der Waals surface area contributed by atoms with Crippen molar-refractivity contribution in [1.82, 2.24) is 29.9 Å². The van der Waals surface area contributed by atoms with Gasteiger partial charge in [0.15, 0.2) is 11.2 Å². The number of nitrogens with two attached hydrogens (primary N) is 1. The number of nitrogens with zero attached hydrogens (tertiary/aromatic N) is 6. The molecule has 0 radical (unpaired) electrons. The van der Waals surface area contributed by atoms with Crippen molar-refractivity contribution in [2.24, 2.45) is 0 Å². The molecule has 7 nitrogen and oxygen atoms in total. The van der Waals surface area contributed by atoms with E-state index in [0.717, 1.165) is 16.3 Å². The fourth-order valence-corrected chi connectivity index (χ4v) is 2.89. The summed E-state index contributed by atoms with van der Waals surface area (Å²) in [5, 5.41) is 11.1. The summed E-state index contributed by atoms with van der Waals surface area (Å²) in [6.45, 7) is 0.551. The zero-order valence-electron chi connectivity index (χ0n) is 11.4. The molecule has 22 heavy (non-hydrogen) atoms. The molecule has 0 saturated carbocycles. The van der Waals surface area contributed by atoms with Crippen LogP contribution in [0.3, 0.4) is 0 Å². The summed E-state index contributed by atoms with van der Waals surface area (Å²) in [6, 6.07) is 7.68. The summed E-state index contributed by atoms with van der Waals surface area (Å²) >= 11 is 1.51. The van der Waals surface area contributed by atoms with Crippen LogP contribution in [0.25, 0.3) is 21.9 Å². The maximum atomic E-state index is 5.81. The molecular formula is C14H11N7S. The number of hydrogen-bond acceptors (Lipinski definition) is 7. The van der Waals surface area contributed by atoms with Gasteiger partial charge < -0.3 is 5.73 Å². The predicted molar refractivity (Wildman–Crippen MR) is 84.2 cm³/mol. The molecule has 8 heteroatoms. The first-order chi connectivity index (χ1) is 10.8. The van der Waals surface area contributed by atoms with Crippen molar-refractivity contribution in [1.29, 1.82) is 0 Å². The van der Waals surface area contributed by atoms with Crippen molar-refractivity contribution in [2.75, 3.05) is 5.73 Å². The van der Waals surface area contributed by atoms with Crippen LogP contribution in [-0.2, 0) is 6.54 Å². The Labute approximate surface area is 129 Å². The molecule has 0 amide bonds. The van der Waals surface area contributed by atoms with E-state index in [4.69, 9.17) is 5.73 Å². The minimum atomic E-state index is 0.551. The average Bonchev–Trinajstić information content (AvgIpc) is 3.17. The number of aromatic nitrogens is 6. The first kappa shape index (κ1) is 12.8. The average molecular weight is 309 g/mol. The Hall–Kier alpha value is -2.87. The van der Waals surface area contributed by atoms with Gasteiger partial charge in [-0.05, 0) is 17.7 Å². The lowest BCUT2D eigenvalue weighted by atomic mass is 10.2. The first-order valence-electron chi connectivity index (χ1n) is 6.60. The molecular weight excluding hydrogens is 298 g/mol. The summed E-state index contributed by atoms with van der Waals surface area (Å²) < 4.78 is 1.74. The van der Waals surface area contributed by atoms with E-state index in [-0.39, 0.29) is 0 Å². The zero-order valence-corrected chi connectivity index (χ0v) is 12.2. The maximum absolute atomic E-state index is 5.81. The Kier molecular flexibility index (Phi) is 3.01. The van der Waals surface area contributed by atoms with Gasteiger partial charge in [0.2, 0.25) is 0 Å². The molecule has 0 aliphatic heterocycles. The third-order valence-electron chi connectivity index (χ3n) is 3.22. The van der Waals surface area contributed by atoms with Crippen molar-refractivity contribution in [3.8, 4) is 10.7 Å². The van der Waals surface area contributed by atoms with Crippen LogP contribution in [0.15, 0.2) is 42.2 Å². The zero-order chi connectivity index (χ0) is 14.9. The highest BCUT2D eigenvalue weighted by molar-refractivity contribution is 7.13. The van der Waals surface area contributed by atoms with E-state index in [1.807, 2.05) is 29.6 Å². The molecule has 0 bridgehead atoms. The minimum Gasteiger partial charge on any atom is -0.399 e. The highest BCUT2D eigenvalue weighted by Gasteiger charge is 2.14. The van der Waals surface area contributed by atoms with Crippen molar-refractivity contribution >= 4 is 28.2 Å². The highest BCUT2D eigenvalue weighted by atomic mass is 32.1. The first-order valence-corrected chi connectivity index (χ1v) is 7.48. The molecule has 0 atom stereocenters. The summed E-state index contributed by atoms with van der Waals surface area (Å²) in [5.41, 5.74) is 9.62. The van der Waals surface area contributed by atoms with Gasteiger partial charge in [-0.15, -0.1) is 16.4 Å². The van der Waals surface area contributed by atoms with Crippen LogP contribution in [0.4, 0.5) is 5.69 Å². The van der Waals surface area contributed by atoms with E-state index < -0.39 is 0 Å². The molecule has 4 aromatic rings. The number of anilines is 1. The summed E-state index contributed by atoms with van der Waals surface area (Å²) in [5.74, 6) is 0. The molecule has 0 fully saturated rings. The Morgan fingerprint density at radius 3 is 2.95 bits per heavy atom. The van der Waals surface area contributed by atoms with Crippen LogP contribution >= 0.6 is 11.3 Å².